The normalized spacial score (nSPS) is 11.8. The third-order valence-corrected chi connectivity index (χ3v) is 3.21. The lowest BCUT2D eigenvalue weighted by Crippen LogP contribution is -2.15. The standard InChI is InChI=1S/C17H21N5/c1-19-13-21-11-6-14-2-4-16(5-3-14)17(18)22-12-15-7-9-20-10-8-15/h2-5,7-10,13H,6,11-12H2,1H3,(H2,18,22)(H,19,21). The molecule has 2 rings (SSSR count). The van der Waals surface area contributed by atoms with Crippen molar-refractivity contribution in [2.75, 3.05) is 13.6 Å². The van der Waals surface area contributed by atoms with Gasteiger partial charge in [-0.2, -0.15) is 0 Å². The van der Waals surface area contributed by atoms with Crippen molar-refractivity contribution >= 4 is 12.2 Å². The zero-order chi connectivity index (χ0) is 15.6. The molecule has 0 radical (unpaired) electrons. The highest BCUT2D eigenvalue weighted by Gasteiger charge is 1.99. The lowest BCUT2D eigenvalue weighted by Gasteiger charge is -2.05. The van der Waals surface area contributed by atoms with Crippen LogP contribution in [0.1, 0.15) is 16.7 Å². The van der Waals surface area contributed by atoms with Crippen LogP contribution in [-0.4, -0.2) is 30.8 Å². The number of aliphatic imine (C=N–C) groups is 2. The second-order valence-electron chi connectivity index (χ2n) is 4.85. The van der Waals surface area contributed by atoms with Crippen LogP contribution in [0.5, 0.6) is 0 Å². The van der Waals surface area contributed by atoms with Gasteiger partial charge in [0.15, 0.2) is 0 Å². The van der Waals surface area contributed by atoms with Gasteiger partial charge in [0.2, 0.25) is 0 Å². The van der Waals surface area contributed by atoms with E-state index in [4.69, 9.17) is 5.73 Å². The predicted molar refractivity (Wildman–Crippen MR) is 91.2 cm³/mol. The Bertz CT molecular complexity index is 617. The summed E-state index contributed by atoms with van der Waals surface area (Å²) in [6.45, 7) is 1.43. The number of amidine groups is 1. The molecule has 1 aromatic heterocycles. The van der Waals surface area contributed by atoms with E-state index in [2.05, 4.69) is 32.4 Å². The average molecular weight is 295 g/mol. The van der Waals surface area contributed by atoms with Crippen molar-refractivity contribution in [1.82, 2.24) is 10.3 Å². The number of hydrogen-bond donors (Lipinski definition) is 2. The fourth-order valence-electron chi connectivity index (χ4n) is 1.97. The Hall–Kier alpha value is -2.69. The van der Waals surface area contributed by atoms with Crippen molar-refractivity contribution < 1.29 is 0 Å². The van der Waals surface area contributed by atoms with Gasteiger partial charge in [-0.15, -0.1) is 0 Å². The Morgan fingerprint density at radius 2 is 1.86 bits per heavy atom. The van der Waals surface area contributed by atoms with E-state index in [1.165, 1.54) is 5.56 Å². The van der Waals surface area contributed by atoms with Gasteiger partial charge in [0, 0.05) is 31.5 Å². The number of nitrogens with zero attached hydrogens (tertiary/aromatic N) is 3. The molecule has 2 aromatic rings. The quantitative estimate of drug-likeness (QED) is 0.464. The monoisotopic (exact) mass is 295 g/mol. The Labute approximate surface area is 131 Å². The number of pyridine rings is 1. The van der Waals surface area contributed by atoms with Crippen LogP contribution in [0.4, 0.5) is 0 Å². The molecule has 114 valence electrons. The van der Waals surface area contributed by atoms with Gasteiger partial charge >= 0.3 is 0 Å². The molecule has 0 spiro atoms. The van der Waals surface area contributed by atoms with Crippen LogP contribution >= 0.6 is 0 Å². The molecule has 0 unspecified atom stereocenters. The highest BCUT2D eigenvalue weighted by Crippen LogP contribution is 2.06. The minimum Gasteiger partial charge on any atom is -0.383 e. The fourth-order valence-corrected chi connectivity index (χ4v) is 1.97. The zero-order valence-corrected chi connectivity index (χ0v) is 12.7. The summed E-state index contributed by atoms with van der Waals surface area (Å²) in [4.78, 5) is 12.3. The van der Waals surface area contributed by atoms with Crippen molar-refractivity contribution in [2.24, 2.45) is 15.7 Å². The third-order valence-electron chi connectivity index (χ3n) is 3.21. The number of nitrogens with one attached hydrogen (secondary N) is 1. The smallest absolute Gasteiger partial charge is 0.125 e. The van der Waals surface area contributed by atoms with Crippen molar-refractivity contribution in [3.8, 4) is 0 Å². The summed E-state index contributed by atoms with van der Waals surface area (Å²) in [7, 11) is 1.75. The molecule has 1 heterocycles. The molecule has 5 heteroatoms. The fraction of sp³-hybridized carbons (Fsp3) is 0.235. The largest absolute Gasteiger partial charge is 0.383 e. The van der Waals surface area contributed by atoms with E-state index in [1.807, 2.05) is 24.3 Å². The second kappa shape index (κ2) is 8.56. The molecule has 0 saturated carbocycles. The predicted octanol–water partition coefficient (Wildman–Crippen LogP) is 1.78. The Kier molecular flexibility index (Phi) is 6.11. The van der Waals surface area contributed by atoms with Crippen LogP contribution in [0.3, 0.4) is 0 Å². The van der Waals surface area contributed by atoms with Gasteiger partial charge < -0.3 is 11.1 Å². The number of aromatic nitrogens is 1. The molecule has 1 aromatic carbocycles. The molecule has 5 nitrogen and oxygen atoms in total. The summed E-state index contributed by atoms with van der Waals surface area (Å²) in [5.74, 6) is 0.555. The van der Waals surface area contributed by atoms with Gasteiger partial charge in [-0.3, -0.25) is 15.0 Å². The maximum atomic E-state index is 6.04. The van der Waals surface area contributed by atoms with E-state index >= 15 is 0 Å². The van der Waals surface area contributed by atoms with Crippen LogP contribution in [0.15, 0.2) is 58.8 Å². The summed E-state index contributed by atoms with van der Waals surface area (Å²) >= 11 is 0. The van der Waals surface area contributed by atoms with Crippen molar-refractivity contribution in [2.45, 2.75) is 13.0 Å². The highest BCUT2D eigenvalue weighted by molar-refractivity contribution is 5.97. The summed E-state index contributed by atoms with van der Waals surface area (Å²) in [5.41, 5.74) is 9.33. The minimum atomic E-state index is 0.555. The van der Waals surface area contributed by atoms with Crippen molar-refractivity contribution in [1.29, 1.82) is 0 Å². The molecule has 0 bridgehead atoms. The van der Waals surface area contributed by atoms with Gasteiger partial charge in [-0.05, 0) is 29.7 Å². The second-order valence-corrected chi connectivity index (χ2v) is 4.85. The summed E-state index contributed by atoms with van der Waals surface area (Å²) in [6.07, 6.45) is 6.17. The molecule has 0 aliphatic rings. The van der Waals surface area contributed by atoms with Gasteiger partial charge in [0.05, 0.1) is 12.9 Å². The highest BCUT2D eigenvalue weighted by atomic mass is 14.9. The number of hydrogen-bond acceptors (Lipinski definition) is 3. The molecule has 0 atom stereocenters. The van der Waals surface area contributed by atoms with Gasteiger partial charge in [0.25, 0.3) is 0 Å². The maximum Gasteiger partial charge on any atom is 0.125 e. The summed E-state index contributed by atoms with van der Waals surface area (Å²) in [6, 6.07) is 12.0. The third kappa shape index (κ3) is 5.01. The lowest BCUT2D eigenvalue weighted by atomic mass is 10.1. The topological polar surface area (TPSA) is 75.7 Å². The number of nitrogens with two attached hydrogens (primary N) is 1. The van der Waals surface area contributed by atoms with Crippen molar-refractivity contribution in [3.63, 3.8) is 0 Å². The number of rotatable bonds is 7. The molecular formula is C17H21N5. The first kappa shape index (κ1) is 15.7. The molecule has 0 aliphatic heterocycles. The van der Waals surface area contributed by atoms with E-state index in [0.29, 0.717) is 12.4 Å². The first-order valence-electron chi connectivity index (χ1n) is 7.22. The molecule has 3 N–H and O–H groups in total. The SMILES string of the molecule is CN=CNCCc1ccc(C(N)=NCc2ccncc2)cc1. The maximum absolute atomic E-state index is 6.04. The minimum absolute atomic E-state index is 0.555. The van der Waals surface area contributed by atoms with Crippen molar-refractivity contribution in [3.05, 3.63) is 65.5 Å². The van der Waals surface area contributed by atoms with E-state index in [1.54, 1.807) is 25.8 Å². The molecule has 0 fully saturated rings. The van der Waals surface area contributed by atoms with Crippen LogP contribution in [0, 0.1) is 0 Å². The number of benzene rings is 1. The van der Waals surface area contributed by atoms with Crippen LogP contribution in [-0.2, 0) is 13.0 Å². The van der Waals surface area contributed by atoms with Gasteiger partial charge in [-0.1, -0.05) is 24.3 Å². The Morgan fingerprint density at radius 1 is 1.14 bits per heavy atom. The van der Waals surface area contributed by atoms with E-state index in [0.717, 1.165) is 24.1 Å². The van der Waals surface area contributed by atoms with Crippen LogP contribution in [0.25, 0.3) is 0 Å². The Balaban J connectivity index is 1.91. The molecule has 22 heavy (non-hydrogen) atoms. The summed E-state index contributed by atoms with van der Waals surface area (Å²) < 4.78 is 0. The van der Waals surface area contributed by atoms with Gasteiger partial charge in [0.1, 0.15) is 5.84 Å². The first-order chi connectivity index (χ1) is 10.8. The van der Waals surface area contributed by atoms with E-state index in [9.17, 15) is 0 Å². The van der Waals surface area contributed by atoms with Crippen LogP contribution in [0.2, 0.25) is 0 Å². The molecule has 0 saturated heterocycles. The Morgan fingerprint density at radius 3 is 2.55 bits per heavy atom. The van der Waals surface area contributed by atoms with Crippen LogP contribution < -0.4 is 11.1 Å². The van der Waals surface area contributed by atoms with E-state index in [-0.39, 0.29) is 0 Å². The van der Waals surface area contributed by atoms with Gasteiger partial charge in [-0.25, -0.2) is 0 Å². The van der Waals surface area contributed by atoms with E-state index < -0.39 is 0 Å². The lowest BCUT2D eigenvalue weighted by molar-refractivity contribution is 0.877. The first-order valence-corrected chi connectivity index (χ1v) is 7.22. The molecule has 0 aliphatic carbocycles. The zero-order valence-electron chi connectivity index (χ0n) is 12.7. The average Bonchev–Trinajstić information content (AvgIpc) is 2.58. The molecular weight excluding hydrogens is 274 g/mol. The summed E-state index contributed by atoms with van der Waals surface area (Å²) in [5, 5.41) is 3.11. The molecule has 0 amide bonds.